The summed E-state index contributed by atoms with van der Waals surface area (Å²) in [6.45, 7) is 3.96. The Morgan fingerprint density at radius 1 is 1.47 bits per heavy atom. The molecule has 0 radical (unpaired) electrons. The number of nitrogens with one attached hydrogen (secondary N) is 1. The van der Waals surface area contributed by atoms with Crippen LogP contribution in [0, 0.1) is 0 Å². The molecule has 0 aromatic heterocycles. The third-order valence-corrected chi connectivity index (χ3v) is 3.80. The van der Waals surface area contributed by atoms with E-state index < -0.39 is 0 Å². The summed E-state index contributed by atoms with van der Waals surface area (Å²) in [6, 6.07) is 5.96. The van der Waals surface area contributed by atoms with Crippen molar-refractivity contribution < 1.29 is 4.74 Å². The molecule has 2 unspecified atom stereocenters. The van der Waals surface area contributed by atoms with Gasteiger partial charge in [-0.05, 0) is 18.6 Å². The summed E-state index contributed by atoms with van der Waals surface area (Å²) in [5, 5.41) is 4.18. The number of rotatable bonds is 3. The van der Waals surface area contributed by atoms with E-state index in [1.165, 1.54) is 0 Å². The molecule has 1 heterocycles. The molecular weight excluding hydrogens is 302 g/mol. The predicted octanol–water partition coefficient (Wildman–Crippen LogP) is 3.93. The van der Waals surface area contributed by atoms with Crippen molar-refractivity contribution in [3.63, 3.8) is 0 Å². The molecule has 1 N–H and O–H groups in total. The van der Waals surface area contributed by atoms with Crippen LogP contribution in [0.25, 0.3) is 0 Å². The van der Waals surface area contributed by atoms with E-state index in [0.717, 1.165) is 41.0 Å². The van der Waals surface area contributed by atoms with E-state index in [1.54, 1.807) is 0 Å². The van der Waals surface area contributed by atoms with Crippen LogP contribution in [-0.4, -0.2) is 19.2 Å². The van der Waals surface area contributed by atoms with Gasteiger partial charge in [0.25, 0.3) is 0 Å². The molecule has 1 aliphatic heterocycles. The predicted molar refractivity (Wildman–Crippen MR) is 74.5 cm³/mol. The Morgan fingerprint density at radius 3 is 3.00 bits per heavy atom. The van der Waals surface area contributed by atoms with E-state index in [1.807, 2.05) is 18.2 Å². The van der Waals surface area contributed by atoms with Crippen LogP contribution in [0.2, 0.25) is 5.02 Å². The summed E-state index contributed by atoms with van der Waals surface area (Å²) < 4.78 is 7.07. The van der Waals surface area contributed by atoms with E-state index in [9.17, 15) is 0 Å². The molecule has 1 aliphatic rings. The lowest BCUT2D eigenvalue weighted by atomic mass is 10.1. The van der Waals surface area contributed by atoms with Gasteiger partial charge >= 0.3 is 0 Å². The molecular formula is C13H17BrClNO. The van der Waals surface area contributed by atoms with Crippen molar-refractivity contribution in [1.29, 1.82) is 0 Å². The van der Waals surface area contributed by atoms with Crippen LogP contribution < -0.4 is 5.32 Å². The van der Waals surface area contributed by atoms with Crippen LogP contribution in [0.3, 0.4) is 0 Å². The van der Waals surface area contributed by atoms with Crippen molar-refractivity contribution in [3.8, 4) is 0 Å². The lowest BCUT2D eigenvalue weighted by molar-refractivity contribution is -0.0424. The summed E-state index contributed by atoms with van der Waals surface area (Å²) >= 11 is 9.67. The van der Waals surface area contributed by atoms with Crippen LogP contribution in [0.5, 0.6) is 0 Å². The number of morpholine rings is 1. The number of benzene rings is 1. The second-order valence-corrected chi connectivity index (χ2v) is 5.68. The Morgan fingerprint density at radius 2 is 2.29 bits per heavy atom. The highest BCUT2D eigenvalue weighted by atomic mass is 79.9. The monoisotopic (exact) mass is 317 g/mol. The van der Waals surface area contributed by atoms with Crippen molar-refractivity contribution in [2.24, 2.45) is 0 Å². The molecule has 0 bridgehead atoms. The first-order valence-corrected chi connectivity index (χ1v) is 7.19. The van der Waals surface area contributed by atoms with Gasteiger partial charge in [-0.3, -0.25) is 0 Å². The maximum atomic E-state index is 6.25. The number of hydrogen-bond donors (Lipinski definition) is 1. The summed E-state index contributed by atoms with van der Waals surface area (Å²) in [4.78, 5) is 0. The highest BCUT2D eigenvalue weighted by Crippen LogP contribution is 2.30. The van der Waals surface area contributed by atoms with Crippen molar-refractivity contribution in [2.45, 2.75) is 32.0 Å². The Kier molecular flexibility index (Phi) is 4.86. The molecule has 2 atom stereocenters. The highest BCUT2D eigenvalue weighted by Gasteiger charge is 2.24. The molecule has 2 rings (SSSR count). The van der Waals surface area contributed by atoms with Gasteiger partial charge in [-0.2, -0.15) is 0 Å². The van der Waals surface area contributed by atoms with Gasteiger partial charge in [0.1, 0.15) is 0 Å². The van der Waals surface area contributed by atoms with Gasteiger partial charge in [0.05, 0.1) is 12.2 Å². The van der Waals surface area contributed by atoms with Crippen molar-refractivity contribution in [2.75, 3.05) is 13.1 Å². The summed E-state index contributed by atoms with van der Waals surface area (Å²) in [6.07, 6.45) is 2.62. The molecule has 4 heteroatoms. The van der Waals surface area contributed by atoms with Gasteiger partial charge in [-0.1, -0.05) is 46.9 Å². The third kappa shape index (κ3) is 3.44. The molecule has 1 aromatic carbocycles. The Hall–Kier alpha value is -0.0900. The zero-order chi connectivity index (χ0) is 12.3. The molecule has 0 saturated carbocycles. The summed E-state index contributed by atoms with van der Waals surface area (Å²) in [7, 11) is 0. The quantitative estimate of drug-likeness (QED) is 0.911. The molecule has 0 amide bonds. The van der Waals surface area contributed by atoms with Crippen molar-refractivity contribution in [1.82, 2.24) is 5.32 Å². The van der Waals surface area contributed by atoms with Gasteiger partial charge < -0.3 is 10.1 Å². The van der Waals surface area contributed by atoms with Gasteiger partial charge in [0, 0.05) is 28.1 Å². The second kappa shape index (κ2) is 6.19. The van der Waals surface area contributed by atoms with E-state index in [-0.39, 0.29) is 6.10 Å². The summed E-state index contributed by atoms with van der Waals surface area (Å²) in [5.41, 5.74) is 1.07. The average molecular weight is 319 g/mol. The minimum atomic E-state index is 0.0703. The van der Waals surface area contributed by atoms with Crippen molar-refractivity contribution in [3.05, 3.63) is 33.3 Å². The van der Waals surface area contributed by atoms with Crippen LogP contribution >= 0.6 is 27.5 Å². The molecule has 17 heavy (non-hydrogen) atoms. The average Bonchev–Trinajstić information content (AvgIpc) is 2.29. The van der Waals surface area contributed by atoms with E-state index >= 15 is 0 Å². The molecule has 1 fully saturated rings. The number of halogens is 2. The Bertz CT molecular complexity index is 384. The largest absolute Gasteiger partial charge is 0.368 e. The molecule has 1 aromatic rings. The smallest absolute Gasteiger partial charge is 0.0968 e. The SMILES string of the molecule is CCCC1CNCC(c2ccc(Br)cc2Cl)O1. The van der Waals surface area contributed by atoms with Gasteiger partial charge in [0.15, 0.2) is 0 Å². The fraction of sp³-hybridized carbons (Fsp3) is 0.538. The first-order valence-electron chi connectivity index (χ1n) is 6.02. The van der Waals surface area contributed by atoms with Crippen LogP contribution in [0.1, 0.15) is 31.4 Å². The van der Waals surface area contributed by atoms with Gasteiger partial charge in [0.2, 0.25) is 0 Å². The normalized spacial score (nSPS) is 24.9. The molecule has 0 spiro atoms. The highest BCUT2D eigenvalue weighted by molar-refractivity contribution is 9.10. The molecule has 94 valence electrons. The fourth-order valence-corrected chi connectivity index (χ4v) is 2.94. The topological polar surface area (TPSA) is 21.3 Å². The molecule has 1 saturated heterocycles. The maximum absolute atomic E-state index is 6.25. The van der Waals surface area contributed by atoms with Crippen molar-refractivity contribution >= 4 is 27.5 Å². The minimum Gasteiger partial charge on any atom is -0.368 e. The van der Waals surface area contributed by atoms with Crippen LogP contribution in [0.15, 0.2) is 22.7 Å². The van der Waals surface area contributed by atoms with E-state index in [4.69, 9.17) is 16.3 Å². The zero-order valence-electron chi connectivity index (χ0n) is 9.88. The molecule has 0 aliphatic carbocycles. The molecule has 2 nitrogen and oxygen atoms in total. The first-order chi connectivity index (χ1) is 8.20. The van der Waals surface area contributed by atoms with E-state index in [0.29, 0.717) is 6.10 Å². The van der Waals surface area contributed by atoms with Gasteiger partial charge in [-0.25, -0.2) is 0 Å². The Labute approximate surface area is 116 Å². The number of hydrogen-bond acceptors (Lipinski definition) is 2. The van der Waals surface area contributed by atoms with E-state index in [2.05, 4.69) is 28.2 Å². The Balaban J connectivity index is 2.10. The van der Waals surface area contributed by atoms with Crippen LogP contribution in [0.4, 0.5) is 0 Å². The second-order valence-electron chi connectivity index (χ2n) is 4.36. The summed E-state index contributed by atoms with van der Waals surface area (Å²) in [5.74, 6) is 0. The third-order valence-electron chi connectivity index (χ3n) is 2.98. The minimum absolute atomic E-state index is 0.0703. The number of ether oxygens (including phenoxy) is 1. The zero-order valence-corrected chi connectivity index (χ0v) is 12.2. The first kappa shape index (κ1) is 13.3. The standard InChI is InChI=1S/C13H17BrClNO/c1-2-3-10-7-16-8-13(17-10)11-5-4-9(14)6-12(11)15/h4-6,10,13,16H,2-3,7-8H2,1H3. The van der Waals surface area contributed by atoms with Crippen LogP contribution in [-0.2, 0) is 4.74 Å². The maximum Gasteiger partial charge on any atom is 0.0968 e. The lowest BCUT2D eigenvalue weighted by Crippen LogP contribution is -2.40. The van der Waals surface area contributed by atoms with Gasteiger partial charge in [-0.15, -0.1) is 0 Å². The lowest BCUT2D eigenvalue weighted by Gasteiger charge is -2.31. The fourth-order valence-electron chi connectivity index (χ4n) is 2.14.